The zero-order valence-electron chi connectivity index (χ0n) is 13.5. The van der Waals surface area contributed by atoms with Crippen molar-refractivity contribution in [1.29, 1.82) is 0 Å². The molecule has 112 valence electrons. The summed E-state index contributed by atoms with van der Waals surface area (Å²) in [7, 11) is 0. The van der Waals surface area contributed by atoms with E-state index in [0.717, 1.165) is 24.4 Å². The lowest BCUT2D eigenvalue weighted by atomic mass is 9.76. The van der Waals surface area contributed by atoms with E-state index in [9.17, 15) is 0 Å². The zero-order chi connectivity index (χ0) is 13.9. The molecule has 1 aliphatic heterocycles. The van der Waals surface area contributed by atoms with E-state index in [2.05, 4.69) is 37.9 Å². The van der Waals surface area contributed by atoms with Crippen LogP contribution in [0.2, 0.25) is 0 Å². The monoisotopic (exact) mass is 266 g/mol. The van der Waals surface area contributed by atoms with Crippen molar-refractivity contribution in [1.82, 2.24) is 10.2 Å². The quantitative estimate of drug-likeness (QED) is 0.817. The summed E-state index contributed by atoms with van der Waals surface area (Å²) in [5.74, 6) is 1.85. The van der Waals surface area contributed by atoms with Gasteiger partial charge in [0.25, 0.3) is 0 Å². The van der Waals surface area contributed by atoms with E-state index in [4.69, 9.17) is 0 Å². The Morgan fingerprint density at radius 2 is 2.00 bits per heavy atom. The number of nitrogens with one attached hydrogen (secondary N) is 1. The Balaban J connectivity index is 1.96. The maximum absolute atomic E-state index is 3.75. The van der Waals surface area contributed by atoms with Crippen LogP contribution >= 0.6 is 0 Å². The molecule has 2 fully saturated rings. The van der Waals surface area contributed by atoms with Crippen LogP contribution in [0.15, 0.2) is 0 Å². The molecule has 0 amide bonds. The van der Waals surface area contributed by atoms with Crippen LogP contribution in [0.4, 0.5) is 0 Å². The molecule has 2 aliphatic rings. The summed E-state index contributed by atoms with van der Waals surface area (Å²) in [6.07, 6.45) is 8.42. The highest BCUT2D eigenvalue weighted by Gasteiger charge is 2.36. The van der Waals surface area contributed by atoms with E-state index < -0.39 is 0 Å². The summed E-state index contributed by atoms with van der Waals surface area (Å²) in [6, 6.07) is 0.768. The average Bonchev–Trinajstić information content (AvgIpc) is 2.71. The molecule has 1 saturated carbocycles. The first-order valence-corrected chi connectivity index (χ1v) is 8.55. The number of likely N-dealkylation sites (tertiary alicyclic amines) is 1. The van der Waals surface area contributed by atoms with Crippen molar-refractivity contribution in [3.63, 3.8) is 0 Å². The molecule has 0 aromatic heterocycles. The molecule has 1 aliphatic carbocycles. The molecule has 1 heterocycles. The minimum absolute atomic E-state index is 0.440. The van der Waals surface area contributed by atoms with E-state index in [0.29, 0.717) is 5.54 Å². The van der Waals surface area contributed by atoms with Crippen LogP contribution in [0.25, 0.3) is 0 Å². The third-order valence-corrected chi connectivity index (χ3v) is 5.66. The van der Waals surface area contributed by atoms with Gasteiger partial charge < -0.3 is 5.32 Å². The Hall–Kier alpha value is -0.0800. The maximum atomic E-state index is 3.75. The Bertz CT molecular complexity index is 274. The fourth-order valence-corrected chi connectivity index (χ4v) is 4.25. The average molecular weight is 266 g/mol. The van der Waals surface area contributed by atoms with Gasteiger partial charge in [0.05, 0.1) is 0 Å². The summed E-state index contributed by atoms with van der Waals surface area (Å²) in [6.45, 7) is 13.3. The number of hydrogen-bond donors (Lipinski definition) is 1. The third-order valence-electron chi connectivity index (χ3n) is 5.66. The van der Waals surface area contributed by atoms with Crippen molar-refractivity contribution in [2.45, 2.75) is 77.8 Å². The van der Waals surface area contributed by atoms with E-state index in [1.54, 1.807) is 0 Å². The molecular formula is C17H34N2. The van der Waals surface area contributed by atoms with E-state index in [1.807, 2.05) is 0 Å². The first-order chi connectivity index (χ1) is 9.06. The minimum Gasteiger partial charge on any atom is -0.314 e. The van der Waals surface area contributed by atoms with Crippen LogP contribution < -0.4 is 5.32 Å². The molecule has 1 N–H and O–H groups in total. The van der Waals surface area contributed by atoms with Gasteiger partial charge in [-0.2, -0.15) is 0 Å². The Morgan fingerprint density at radius 1 is 1.21 bits per heavy atom. The lowest BCUT2D eigenvalue weighted by Gasteiger charge is -2.41. The van der Waals surface area contributed by atoms with Crippen LogP contribution in [0.5, 0.6) is 0 Å². The molecule has 19 heavy (non-hydrogen) atoms. The molecule has 0 aromatic carbocycles. The molecule has 2 nitrogen and oxygen atoms in total. The van der Waals surface area contributed by atoms with Gasteiger partial charge in [0.2, 0.25) is 0 Å². The topological polar surface area (TPSA) is 15.3 Å². The van der Waals surface area contributed by atoms with Gasteiger partial charge in [-0.3, -0.25) is 4.90 Å². The van der Waals surface area contributed by atoms with E-state index in [1.165, 1.54) is 51.6 Å². The van der Waals surface area contributed by atoms with Crippen LogP contribution in [0.3, 0.4) is 0 Å². The highest BCUT2D eigenvalue weighted by molar-refractivity contribution is 4.93. The molecule has 0 bridgehead atoms. The normalized spacial score (nSPS) is 35.7. The fraction of sp³-hybridized carbons (Fsp3) is 1.00. The third kappa shape index (κ3) is 3.72. The van der Waals surface area contributed by atoms with Crippen LogP contribution in [0, 0.1) is 11.8 Å². The van der Waals surface area contributed by atoms with Crippen molar-refractivity contribution in [2.75, 3.05) is 19.6 Å². The first-order valence-electron chi connectivity index (χ1n) is 8.55. The molecule has 0 spiro atoms. The van der Waals surface area contributed by atoms with Gasteiger partial charge in [0.1, 0.15) is 0 Å². The van der Waals surface area contributed by atoms with Gasteiger partial charge in [0.15, 0.2) is 0 Å². The smallest absolute Gasteiger partial charge is 0.0153 e. The van der Waals surface area contributed by atoms with Crippen LogP contribution in [-0.4, -0.2) is 36.1 Å². The van der Waals surface area contributed by atoms with Gasteiger partial charge in [-0.15, -0.1) is 0 Å². The molecule has 2 heteroatoms. The van der Waals surface area contributed by atoms with Gasteiger partial charge in [-0.05, 0) is 70.9 Å². The second-order valence-corrected chi connectivity index (χ2v) is 7.37. The van der Waals surface area contributed by atoms with Gasteiger partial charge in [0, 0.05) is 18.1 Å². The molecule has 0 radical (unpaired) electrons. The highest BCUT2D eigenvalue weighted by Crippen LogP contribution is 2.35. The molecule has 3 atom stereocenters. The maximum Gasteiger partial charge on any atom is 0.0153 e. The van der Waals surface area contributed by atoms with Crippen LogP contribution in [-0.2, 0) is 0 Å². The number of hydrogen-bond acceptors (Lipinski definition) is 2. The summed E-state index contributed by atoms with van der Waals surface area (Å²) >= 11 is 0. The second-order valence-electron chi connectivity index (χ2n) is 7.37. The Kier molecular flexibility index (Phi) is 5.30. The predicted octanol–water partition coefficient (Wildman–Crippen LogP) is 3.67. The van der Waals surface area contributed by atoms with Gasteiger partial charge in [-0.25, -0.2) is 0 Å². The number of rotatable bonds is 5. The molecule has 1 saturated heterocycles. The summed E-state index contributed by atoms with van der Waals surface area (Å²) in [4.78, 5) is 2.76. The van der Waals surface area contributed by atoms with E-state index in [-0.39, 0.29) is 0 Å². The Labute approximate surface area is 120 Å². The summed E-state index contributed by atoms with van der Waals surface area (Å²) in [5.41, 5.74) is 0.440. The largest absolute Gasteiger partial charge is 0.314 e. The van der Waals surface area contributed by atoms with Crippen molar-refractivity contribution < 1.29 is 0 Å². The fourth-order valence-electron chi connectivity index (χ4n) is 4.25. The minimum atomic E-state index is 0.440. The summed E-state index contributed by atoms with van der Waals surface area (Å²) in [5, 5.41) is 3.75. The van der Waals surface area contributed by atoms with Crippen molar-refractivity contribution in [3.05, 3.63) is 0 Å². The lowest BCUT2D eigenvalue weighted by molar-refractivity contribution is 0.0988. The molecule has 2 rings (SSSR count). The summed E-state index contributed by atoms with van der Waals surface area (Å²) < 4.78 is 0. The van der Waals surface area contributed by atoms with Crippen molar-refractivity contribution in [3.8, 4) is 0 Å². The SMILES string of the molecule is CCNC1CCC(CC)CC1CN1CCCC1(C)C. The number of nitrogens with zero attached hydrogens (tertiary/aromatic N) is 1. The van der Waals surface area contributed by atoms with Crippen molar-refractivity contribution in [2.24, 2.45) is 11.8 Å². The predicted molar refractivity (Wildman–Crippen MR) is 83.5 cm³/mol. The van der Waals surface area contributed by atoms with E-state index >= 15 is 0 Å². The standard InChI is InChI=1S/C17H34N2/c1-5-14-8-9-16(18-6-2)15(12-14)13-19-11-7-10-17(19,3)4/h14-16,18H,5-13H2,1-4H3. The molecule has 0 aromatic rings. The second kappa shape index (κ2) is 6.58. The van der Waals surface area contributed by atoms with Gasteiger partial charge in [-0.1, -0.05) is 20.3 Å². The van der Waals surface area contributed by atoms with Gasteiger partial charge >= 0.3 is 0 Å². The van der Waals surface area contributed by atoms with Crippen molar-refractivity contribution >= 4 is 0 Å². The highest BCUT2D eigenvalue weighted by atomic mass is 15.2. The Morgan fingerprint density at radius 3 is 2.58 bits per heavy atom. The van der Waals surface area contributed by atoms with Crippen LogP contribution in [0.1, 0.15) is 66.2 Å². The zero-order valence-corrected chi connectivity index (χ0v) is 13.5. The molecular weight excluding hydrogens is 232 g/mol. The molecule has 3 unspecified atom stereocenters. The first kappa shape index (κ1) is 15.3. The lowest BCUT2D eigenvalue weighted by Crippen LogP contribution is -2.49.